The molecule has 1 heterocycles. The number of para-hydroxylation sites is 1. The van der Waals surface area contributed by atoms with E-state index in [1.807, 2.05) is 24.3 Å². The molecule has 0 aliphatic heterocycles. The van der Waals surface area contributed by atoms with Crippen LogP contribution in [0, 0.1) is 0 Å². The molecule has 0 fully saturated rings. The number of pyridine rings is 1. The van der Waals surface area contributed by atoms with Crippen molar-refractivity contribution in [1.82, 2.24) is 10.3 Å². The fourth-order valence-electron chi connectivity index (χ4n) is 1.71. The van der Waals surface area contributed by atoms with Gasteiger partial charge in [-0.05, 0) is 12.1 Å². The molecule has 1 N–H and O–H groups in total. The Morgan fingerprint density at radius 2 is 2.10 bits per heavy atom. The highest BCUT2D eigenvalue weighted by Gasteiger charge is 2.12. The summed E-state index contributed by atoms with van der Waals surface area (Å²) in [4.78, 5) is 15.9. The van der Waals surface area contributed by atoms with Crippen molar-refractivity contribution in [3.8, 4) is 5.75 Å². The maximum Gasteiger partial charge on any atom is 0.253 e. The van der Waals surface area contributed by atoms with Crippen LogP contribution in [0.3, 0.4) is 0 Å². The Labute approximate surface area is 126 Å². The molecule has 6 heteroatoms. The standard InChI is InChI=1S/C14H12Cl2N2O2/c1-20-12-5-3-2-4-9(12)7-18-14(19)10-6-13(16)17-8-11(10)15/h2-6,8H,7H2,1H3,(H,18,19). The topological polar surface area (TPSA) is 51.2 Å². The van der Waals surface area contributed by atoms with Crippen molar-refractivity contribution in [3.63, 3.8) is 0 Å². The Bertz CT molecular complexity index is 632. The van der Waals surface area contributed by atoms with E-state index in [0.717, 1.165) is 5.56 Å². The lowest BCUT2D eigenvalue weighted by molar-refractivity contribution is 0.0950. The SMILES string of the molecule is COc1ccccc1CNC(=O)c1cc(Cl)ncc1Cl. The molecule has 104 valence electrons. The van der Waals surface area contributed by atoms with E-state index in [0.29, 0.717) is 17.9 Å². The summed E-state index contributed by atoms with van der Waals surface area (Å²) in [6, 6.07) is 8.88. The maximum atomic E-state index is 12.1. The summed E-state index contributed by atoms with van der Waals surface area (Å²) in [5, 5.41) is 3.24. The molecule has 0 radical (unpaired) electrons. The first-order valence-corrected chi connectivity index (χ1v) is 6.58. The van der Waals surface area contributed by atoms with E-state index in [4.69, 9.17) is 27.9 Å². The summed E-state index contributed by atoms with van der Waals surface area (Å²) in [6.07, 6.45) is 1.35. The molecule has 1 aromatic carbocycles. The van der Waals surface area contributed by atoms with Crippen LogP contribution in [0.5, 0.6) is 5.75 Å². The summed E-state index contributed by atoms with van der Waals surface area (Å²) in [5.41, 5.74) is 1.17. The number of carbonyl (C=O) groups is 1. The van der Waals surface area contributed by atoms with Crippen LogP contribution in [0.25, 0.3) is 0 Å². The molecule has 1 amide bonds. The predicted octanol–water partition coefficient (Wildman–Crippen LogP) is 3.33. The molecule has 0 aliphatic carbocycles. The first kappa shape index (κ1) is 14.6. The fourth-order valence-corrected chi connectivity index (χ4v) is 2.05. The van der Waals surface area contributed by atoms with E-state index >= 15 is 0 Å². The number of aromatic nitrogens is 1. The molecular weight excluding hydrogens is 299 g/mol. The molecule has 4 nitrogen and oxygen atoms in total. The van der Waals surface area contributed by atoms with Gasteiger partial charge < -0.3 is 10.1 Å². The van der Waals surface area contributed by atoms with Crippen LogP contribution in [-0.2, 0) is 6.54 Å². The average molecular weight is 311 g/mol. The fraction of sp³-hybridized carbons (Fsp3) is 0.143. The molecule has 0 saturated carbocycles. The van der Waals surface area contributed by atoms with Crippen molar-refractivity contribution >= 4 is 29.1 Å². The summed E-state index contributed by atoms with van der Waals surface area (Å²) in [5.74, 6) is 0.400. The minimum absolute atomic E-state index is 0.219. The Balaban J connectivity index is 2.11. The van der Waals surface area contributed by atoms with Crippen molar-refractivity contribution in [2.75, 3.05) is 7.11 Å². The van der Waals surface area contributed by atoms with Gasteiger partial charge in [0.05, 0.1) is 17.7 Å². The van der Waals surface area contributed by atoms with Crippen molar-refractivity contribution in [2.45, 2.75) is 6.54 Å². The second-order valence-electron chi connectivity index (χ2n) is 3.98. The van der Waals surface area contributed by atoms with E-state index in [-0.39, 0.29) is 16.1 Å². The normalized spacial score (nSPS) is 10.2. The smallest absolute Gasteiger partial charge is 0.253 e. The minimum atomic E-state index is -0.315. The van der Waals surface area contributed by atoms with Crippen LogP contribution < -0.4 is 10.1 Å². The zero-order valence-corrected chi connectivity index (χ0v) is 12.2. The van der Waals surface area contributed by atoms with Crippen LogP contribution in [0.2, 0.25) is 10.2 Å². The summed E-state index contributed by atoms with van der Waals surface area (Å²) in [6.45, 7) is 0.332. The Morgan fingerprint density at radius 1 is 1.35 bits per heavy atom. The zero-order valence-electron chi connectivity index (χ0n) is 10.7. The van der Waals surface area contributed by atoms with Gasteiger partial charge in [0, 0.05) is 18.3 Å². The van der Waals surface area contributed by atoms with Crippen molar-refractivity contribution in [2.24, 2.45) is 0 Å². The number of carbonyl (C=O) groups excluding carboxylic acids is 1. The molecule has 2 rings (SSSR count). The lowest BCUT2D eigenvalue weighted by Gasteiger charge is -2.10. The van der Waals surface area contributed by atoms with Crippen LogP contribution in [0.1, 0.15) is 15.9 Å². The van der Waals surface area contributed by atoms with Crippen molar-refractivity contribution in [3.05, 3.63) is 57.8 Å². The third-order valence-corrected chi connectivity index (χ3v) is 3.21. The number of nitrogens with one attached hydrogen (secondary N) is 1. The van der Waals surface area contributed by atoms with Gasteiger partial charge in [0.1, 0.15) is 10.9 Å². The van der Waals surface area contributed by atoms with Gasteiger partial charge in [0.25, 0.3) is 5.91 Å². The number of benzene rings is 1. The highest BCUT2D eigenvalue weighted by Crippen LogP contribution is 2.19. The first-order valence-electron chi connectivity index (χ1n) is 5.83. The molecule has 0 aliphatic rings. The Morgan fingerprint density at radius 3 is 2.85 bits per heavy atom. The lowest BCUT2D eigenvalue weighted by atomic mass is 10.2. The number of methoxy groups -OCH3 is 1. The van der Waals surface area contributed by atoms with Gasteiger partial charge in [-0.1, -0.05) is 41.4 Å². The van der Waals surface area contributed by atoms with E-state index in [1.165, 1.54) is 12.3 Å². The molecule has 0 atom stereocenters. The third kappa shape index (κ3) is 3.40. The maximum absolute atomic E-state index is 12.1. The van der Waals surface area contributed by atoms with Crippen molar-refractivity contribution in [1.29, 1.82) is 0 Å². The van der Waals surface area contributed by atoms with Gasteiger partial charge in [-0.2, -0.15) is 0 Å². The van der Waals surface area contributed by atoms with Gasteiger partial charge in [-0.25, -0.2) is 4.98 Å². The molecular formula is C14H12Cl2N2O2. The average Bonchev–Trinajstić information content (AvgIpc) is 2.47. The highest BCUT2D eigenvalue weighted by atomic mass is 35.5. The predicted molar refractivity (Wildman–Crippen MR) is 78.4 cm³/mol. The van der Waals surface area contributed by atoms with E-state index in [9.17, 15) is 4.79 Å². The molecule has 2 aromatic rings. The number of hydrogen-bond acceptors (Lipinski definition) is 3. The van der Waals surface area contributed by atoms with E-state index < -0.39 is 0 Å². The number of hydrogen-bond donors (Lipinski definition) is 1. The van der Waals surface area contributed by atoms with Gasteiger partial charge >= 0.3 is 0 Å². The summed E-state index contributed by atoms with van der Waals surface area (Å²) >= 11 is 11.7. The van der Waals surface area contributed by atoms with Crippen LogP contribution in [0.15, 0.2) is 36.5 Å². The molecule has 0 saturated heterocycles. The third-order valence-electron chi connectivity index (χ3n) is 2.70. The number of ether oxygens (including phenoxy) is 1. The van der Waals surface area contributed by atoms with Crippen molar-refractivity contribution < 1.29 is 9.53 Å². The molecule has 1 aromatic heterocycles. The van der Waals surface area contributed by atoms with Crippen LogP contribution in [0.4, 0.5) is 0 Å². The molecule has 20 heavy (non-hydrogen) atoms. The molecule has 0 spiro atoms. The first-order chi connectivity index (χ1) is 9.61. The van der Waals surface area contributed by atoms with E-state index in [2.05, 4.69) is 10.3 Å². The minimum Gasteiger partial charge on any atom is -0.496 e. The van der Waals surface area contributed by atoms with Gasteiger partial charge in [-0.3, -0.25) is 4.79 Å². The lowest BCUT2D eigenvalue weighted by Crippen LogP contribution is -2.23. The van der Waals surface area contributed by atoms with Gasteiger partial charge in [-0.15, -0.1) is 0 Å². The number of rotatable bonds is 4. The second kappa shape index (κ2) is 6.59. The molecule has 0 bridgehead atoms. The zero-order chi connectivity index (χ0) is 14.5. The van der Waals surface area contributed by atoms with E-state index in [1.54, 1.807) is 7.11 Å². The highest BCUT2D eigenvalue weighted by molar-refractivity contribution is 6.35. The van der Waals surface area contributed by atoms with Crippen LogP contribution in [-0.4, -0.2) is 18.0 Å². The van der Waals surface area contributed by atoms with Crippen LogP contribution >= 0.6 is 23.2 Å². The quantitative estimate of drug-likeness (QED) is 0.881. The monoisotopic (exact) mass is 310 g/mol. The number of halogens is 2. The summed E-state index contributed by atoms with van der Waals surface area (Å²) < 4.78 is 5.22. The number of nitrogens with zero attached hydrogens (tertiary/aromatic N) is 1. The Kier molecular flexibility index (Phi) is 4.82. The largest absolute Gasteiger partial charge is 0.496 e. The van der Waals surface area contributed by atoms with Gasteiger partial charge in [0.2, 0.25) is 0 Å². The van der Waals surface area contributed by atoms with Gasteiger partial charge in [0.15, 0.2) is 0 Å². The summed E-state index contributed by atoms with van der Waals surface area (Å²) in [7, 11) is 1.58. The number of amides is 1. The second-order valence-corrected chi connectivity index (χ2v) is 4.78. The Hall–Kier alpha value is -1.78. The molecule has 0 unspecified atom stereocenters.